The zero-order chi connectivity index (χ0) is 14.6. The van der Waals surface area contributed by atoms with E-state index in [0.717, 1.165) is 0 Å². The van der Waals surface area contributed by atoms with Gasteiger partial charge in [-0.2, -0.15) is 4.98 Å². The van der Waals surface area contributed by atoms with E-state index in [4.69, 9.17) is 34.8 Å². The normalized spacial score (nSPS) is 12.1. The van der Waals surface area contributed by atoms with Gasteiger partial charge in [0.1, 0.15) is 5.82 Å². The Labute approximate surface area is 184 Å². The predicted molar refractivity (Wildman–Crippen MR) is 83.4 cm³/mol. The van der Waals surface area contributed by atoms with Crippen molar-refractivity contribution >= 4 is 75.7 Å². The molecule has 0 bridgehead atoms. The fourth-order valence-electron chi connectivity index (χ4n) is 1.02. The molecule has 1 aromatic heterocycles. The molecule has 0 saturated carbocycles. The van der Waals surface area contributed by atoms with Crippen LogP contribution in [0.25, 0.3) is 0 Å². The molecule has 0 radical (unpaired) electrons. The summed E-state index contributed by atoms with van der Waals surface area (Å²) in [5.74, 6) is 0.470. The third-order valence-electron chi connectivity index (χ3n) is 1.72. The molecule has 1 atom stereocenters. The largest absolute Gasteiger partial charge is 1.00 e. The van der Waals surface area contributed by atoms with Crippen LogP contribution in [0.15, 0.2) is 6.07 Å². The van der Waals surface area contributed by atoms with Crippen molar-refractivity contribution in [2.45, 2.75) is 16.9 Å². The van der Waals surface area contributed by atoms with Gasteiger partial charge in [0.05, 0.1) is 0 Å². The molecule has 1 heterocycles. The zero-order valence-corrected chi connectivity index (χ0v) is 17.5. The van der Waals surface area contributed by atoms with Gasteiger partial charge in [-0.25, -0.2) is 4.98 Å². The maximum absolute atomic E-state index is 9.58. The minimum Gasteiger partial charge on any atom is -0.410 e. The van der Waals surface area contributed by atoms with Gasteiger partial charge in [-0.1, -0.05) is 34.8 Å². The summed E-state index contributed by atoms with van der Waals surface area (Å²) in [6.07, 6.45) is -1.46. The third-order valence-corrected chi connectivity index (χ3v) is 2.55. The number of aryl methyl sites for hydroxylation is 1. The van der Waals surface area contributed by atoms with Crippen LogP contribution in [0.5, 0.6) is 0 Å². The number of halogens is 3. The molecule has 12 heteroatoms. The number of aromatic nitrogens is 2. The number of rotatable bonds is 4. The van der Waals surface area contributed by atoms with Crippen molar-refractivity contribution in [1.82, 2.24) is 15.4 Å². The van der Waals surface area contributed by atoms with Crippen LogP contribution in [0, 0.1) is 6.92 Å². The van der Waals surface area contributed by atoms with Crippen LogP contribution in [0.3, 0.4) is 0 Å². The van der Waals surface area contributed by atoms with E-state index in [1.807, 2.05) is 0 Å². The number of hydrogen-bond donors (Lipinski definition) is 4. The summed E-state index contributed by atoms with van der Waals surface area (Å²) >= 11 is 25.9. The van der Waals surface area contributed by atoms with E-state index in [-0.39, 0.29) is 61.7 Å². The SMILES string of the molecule is Cc1cc(NNC(=S)[S-])nc(NC(O)C(Cl)(Cl)Cl)n1.[K+]. The second-order valence-electron chi connectivity index (χ2n) is 3.34. The topological polar surface area (TPSA) is 82.1 Å². The van der Waals surface area contributed by atoms with Gasteiger partial charge in [0, 0.05) is 11.8 Å². The van der Waals surface area contributed by atoms with E-state index >= 15 is 0 Å². The van der Waals surface area contributed by atoms with E-state index in [2.05, 4.69) is 51.0 Å². The number of hydrogen-bond acceptors (Lipinski definition) is 7. The fourth-order valence-corrected chi connectivity index (χ4v) is 1.28. The molecule has 4 N–H and O–H groups in total. The molecule has 0 amide bonds. The standard InChI is InChI=1S/C8H10Cl3N5OS2.K/c1-3-2-4(15-16-7(18)19)13-6(12-3)14-5(17)8(9,10)11;/h2,5,17H,1H3,(H2,16,18,19)(H2,12,13,14,15);/q;+1/p-1. The molecule has 0 aliphatic heterocycles. The number of nitrogens with zero attached hydrogens (tertiary/aromatic N) is 2. The minimum absolute atomic E-state index is 0. The Balaban J connectivity index is 0.00000361. The second kappa shape index (κ2) is 9.41. The Bertz CT molecular complexity index is 476. The monoisotopic (exact) mass is 399 g/mol. The van der Waals surface area contributed by atoms with Crippen molar-refractivity contribution in [2.24, 2.45) is 0 Å². The smallest absolute Gasteiger partial charge is 0.410 e. The number of hydrazine groups is 1. The number of nitrogens with one attached hydrogen (secondary N) is 3. The number of aliphatic hydroxyl groups excluding tert-OH is 1. The van der Waals surface area contributed by atoms with Gasteiger partial charge >= 0.3 is 51.4 Å². The molecule has 0 aromatic carbocycles. The molecule has 1 rings (SSSR count). The van der Waals surface area contributed by atoms with E-state index in [0.29, 0.717) is 11.5 Å². The molecule has 6 nitrogen and oxygen atoms in total. The van der Waals surface area contributed by atoms with Gasteiger partial charge in [-0.15, -0.1) is 0 Å². The van der Waals surface area contributed by atoms with Crippen LogP contribution in [0.2, 0.25) is 0 Å². The fraction of sp³-hybridized carbons (Fsp3) is 0.375. The summed E-state index contributed by atoms with van der Waals surface area (Å²) in [7, 11) is 0. The molecule has 20 heavy (non-hydrogen) atoms. The summed E-state index contributed by atoms with van der Waals surface area (Å²) in [6.45, 7) is 1.73. The van der Waals surface area contributed by atoms with Gasteiger partial charge in [0.25, 0.3) is 0 Å². The molecule has 0 aliphatic rings. The number of thiocarbonyl (C=S) groups is 1. The first kappa shape index (κ1) is 21.3. The Morgan fingerprint density at radius 1 is 1.45 bits per heavy atom. The van der Waals surface area contributed by atoms with Gasteiger partial charge in [0.15, 0.2) is 6.23 Å². The van der Waals surface area contributed by atoms with Gasteiger partial charge in [0.2, 0.25) is 9.74 Å². The first-order valence-electron chi connectivity index (χ1n) is 4.78. The Hall–Kier alpha value is 1.26. The zero-order valence-electron chi connectivity index (χ0n) is 10.4. The van der Waals surface area contributed by atoms with Crippen molar-refractivity contribution < 1.29 is 56.5 Å². The van der Waals surface area contributed by atoms with E-state index in [1.54, 1.807) is 13.0 Å². The third kappa shape index (κ3) is 8.04. The predicted octanol–water partition coefficient (Wildman–Crippen LogP) is -1.36. The molecule has 0 fully saturated rings. The molecule has 1 unspecified atom stereocenters. The molecule has 0 saturated heterocycles. The van der Waals surface area contributed by atoms with E-state index in [1.165, 1.54) is 0 Å². The van der Waals surface area contributed by atoms with Crippen molar-refractivity contribution in [3.63, 3.8) is 0 Å². The number of alkyl halides is 3. The summed E-state index contributed by atoms with van der Waals surface area (Å²) in [6, 6.07) is 1.63. The summed E-state index contributed by atoms with van der Waals surface area (Å²) in [4.78, 5) is 8.05. The van der Waals surface area contributed by atoms with Crippen molar-refractivity contribution in [2.75, 3.05) is 10.7 Å². The average molecular weight is 401 g/mol. The Morgan fingerprint density at radius 3 is 2.55 bits per heavy atom. The van der Waals surface area contributed by atoms with E-state index < -0.39 is 10.0 Å². The van der Waals surface area contributed by atoms with Crippen molar-refractivity contribution in [1.29, 1.82) is 0 Å². The summed E-state index contributed by atoms with van der Waals surface area (Å²) in [5, 5.41) is 12.0. The Kier molecular flexibility index (Phi) is 10.00. The maximum Gasteiger partial charge on any atom is 1.00 e. The van der Waals surface area contributed by atoms with E-state index in [9.17, 15) is 5.11 Å². The number of anilines is 2. The van der Waals surface area contributed by atoms with Gasteiger partial charge in [-0.05, 0) is 11.2 Å². The Morgan fingerprint density at radius 2 is 2.05 bits per heavy atom. The molecular formula is C8H9Cl3KN5OS2. The van der Waals surface area contributed by atoms with Crippen LogP contribution < -0.4 is 67.6 Å². The maximum atomic E-state index is 9.58. The summed E-state index contributed by atoms with van der Waals surface area (Å²) in [5.41, 5.74) is 5.83. The molecule has 1 aromatic rings. The van der Waals surface area contributed by atoms with Crippen LogP contribution >= 0.6 is 47.0 Å². The quantitative estimate of drug-likeness (QED) is 0.123. The molecular weight excluding hydrogens is 392 g/mol. The molecule has 0 spiro atoms. The van der Waals surface area contributed by atoms with Crippen LogP contribution in [0.4, 0.5) is 11.8 Å². The first-order valence-corrected chi connectivity index (χ1v) is 6.73. The molecule has 0 aliphatic carbocycles. The summed E-state index contributed by atoms with van der Waals surface area (Å²) < 4.78 is -1.77. The van der Waals surface area contributed by atoms with Gasteiger partial charge < -0.3 is 40.7 Å². The van der Waals surface area contributed by atoms with Crippen molar-refractivity contribution in [3.8, 4) is 0 Å². The van der Waals surface area contributed by atoms with Gasteiger partial charge in [-0.3, -0.25) is 5.43 Å². The number of aliphatic hydroxyl groups is 1. The first-order chi connectivity index (χ1) is 8.68. The van der Waals surface area contributed by atoms with Crippen molar-refractivity contribution in [3.05, 3.63) is 11.8 Å². The second-order valence-corrected chi connectivity index (χ2v) is 6.79. The average Bonchev–Trinajstić information content (AvgIpc) is 2.24. The van der Waals surface area contributed by atoms with Crippen LogP contribution in [0.1, 0.15) is 5.69 Å². The van der Waals surface area contributed by atoms with Crippen LogP contribution in [-0.2, 0) is 12.6 Å². The van der Waals surface area contributed by atoms with Crippen LogP contribution in [-0.4, -0.2) is 29.4 Å². The molecule has 106 valence electrons. The minimum atomic E-state index is -1.90.